The first-order valence-electron chi connectivity index (χ1n) is 14.4. The lowest BCUT2D eigenvalue weighted by atomic mass is 10.0. The van der Waals surface area contributed by atoms with Gasteiger partial charge in [0.25, 0.3) is 11.8 Å². The Balaban J connectivity index is 1.54. The van der Waals surface area contributed by atoms with Gasteiger partial charge in [-0.05, 0) is 65.7 Å². The predicted octanol–water partition coefficient (Wildman–Crippen LogP) is 6.68. The molecule has 0 saturated heterocycles. The number of halogens is 3. The molecule has 1 aromatic heterocycles. The molecule has 246 valence electrons. The fourth-order valence-electron chi connectivity index (χ4n) is 4.38. The molecule has 13 heteroatoms. The van der Waals surface area contributed by atoms with Gasteiger partial charge in [0.15, 0.2) is 0 Å². The summed E-state index contributed by atoms with van der Waals surface area (Å²) in [5.74, 6) is -0.332. The Morgan fingerprint density at radius 1 is 0.894 bits per heavy atom. The van der Waals surface area contributed by atoms with Crippen LogP contribution in [0, 0.1) is 0 Å². The topological polar surface area (TPSA) is 127 Å². The second kappa shape index (κ2) is 16.6. The van der Waals surface area contributed by atoms with E-state index in [1.807, 2.05) is 6.07 Å². The minimum atomic E-state index is -4.50. The van der Waals surface area contributed by atoms with Crippen molar-refractivity contribution in [2.24, 2.45) is 0 Å². The van der Waals surface area contributed by atoms with E-state index < -0.39 is 29.5 Å². The van der Waals surface area contributed by atoms with Crippen LogP contribution in [-0.4, -0.2) is 54.0 Å². The lowest BCUT2D eigenvalue weighted by molar-refractivity contribution is -0.138. The Hall–Kier alpha value is -4.88. The lowest BCUT2D eigenvalue weighted by Crippen LogP contribution is -2.23. The number of pyridine rings is 1. The Morgan fingerprint density at radius 2 is 1.66 bits per heavy atom. The Kier molecular flexibility index (Phi) is 12.4. The van der Waals surface area contributed by atoms with Gasteiger partial charge >= 0.3 is 12.1 Å². The first-order valence-corrected chi connectivity index (χ1v) is 15.6. The summed E-state index contributed by atoms with van der Waals surface area (Å²) in [5.41, 5.74) is 2.13. The minimum Gasteiger partial charge on any atom is -0.491 e. The third-order valence-corrected chi connectivity index (χ3v) is 7.75. The number of aromatic nitrogens is 1. The normalized spacial score (nSPS) is 11.1. The van der Waals surface area contributed by atoms with Crippen LogP contribution in [0.25, 0.3) is 11.3 Å². The number of thioether (sulfide) groups is 1. The first kappa shape index (κ1) is 35.0. The van der Waals surface area contributed by atoms with Gasteiger partial charge in [0.05, 0.1) is 30.0 Å². The third kappa shape index (κ3) is 10.6. The standard InChI is InChI=1S/C34H32F3N3O6S/c1-45-13-14-46-27-8-9-29(40-33(44)24-6-2-5-23(16-24)21-47-15-11-31(41)42)28(19-27)30-18-25(10-12-38-30)32(43)39-20-22-4-3-7-26(17-22)34(35,36)37/h2-10,12,16-19H,11,13-15,20-21H2,1H3,(H,39,43)(H,40,44)(H,41,42). The van der Waals surface area contributed by atoms with Gasteiger partial charge in [-0.15, -0.1) is 0 Å². The Morgan fingerprint density at radius 3 is 2.43 bits per heavy atom. The Bertz CT molecular complexity index is 1720. The number of amides is 2. The highest BCUT2D eigenvalue weighted by molar-refractivity contribution is 7.98. The molecule has 47 heavy (non-hydrogen) atoms. The van der Waals surface area contributed by atoms with Crippen LogP contribution < -0.4 is 15.4 Å². The van der Waals surface area contributed by atoms with Crippen molar-refractivity contribution in [2.45, 2.75) is 24.9 Å². The van der Waals surface area contributed by atoms with E-state index in [0.717, 1.165) is 17.7 Å². The molecule has 0 fully saturated rings. The van der Waals surface area contributed by atoms with E-state index in [1.165, 1.54) is 42.2 Å². The molecule has 3 aromatic carbocycles. The van der Waals surface area contributed by atoms with Crippen molar-refractivity contribution in [2.75, 3.05) is 31.4 Å². The van der Waals surface area contributed by atoms with E-state index in [4.69, 9.17) is 14.6 Å². The van der Waals surface area contributed by atoms with Crippen molar-refractivity contribution in [1.82, 2.24) is 10.3 Å². The number of nitrogens with one attached hydrogen (secondary N) is 2. The molecule has 0 spiro atoms. The zero-order valence-electron chi connectivity index (χ0n) is 25.3. The monoisotopic (exact) mass is 667 g/mol. The van der Waals surface area contributed by atoms with E-state index >= 15 is 0 Å². The SMILES string of the molecule is COCCOc1ccc(NC(=O)c2cccc(CSCCC(=O)O)c2)c(-c2cc(C(=O)NCc3cccc(C(F)(F)F)c3)ccn2)c1. The third-order valence-electron chi connectivity index (χ3n) is 6.72. The first-order chi connectivity index (χ1) is 22.5. The molecular formula is C34H32F3N3O6S. The number of alkyl halides is 3. The molecule has 0 unspecified atom stereocenters. The zero-order chi connectivity index (χ0) is 33.8. The van der Waals surface area contributed by atoms with Crippen molar-refractivity contribution >= 4 is 35.2 Å². The van der Waals surface area contributed by atoms with Crippen LogP contribution in [0.2, 0.25) is 0 Å². The highest BCUT2D eigenvalue weighted by Gasteiger charge is 2.30. The van der Waals surface area contributed by atoms with Crippen LogP contribution in [0.5, 0.6) is 5.75 Å². The van der Waals surface area contributed by atoms with Crippen LogP contribution in [0.15, 0.2) is 85.1 Å². The van der Waals surface area contributed by atoms with Crippen molar-refractivity contribution in [3.63, 3.8) is 0 Å². The molecule has 4 aromatic rings. The molecule has 9 nitrogen and oxygen atoms in total. The van der Waals surface area contributed by atoms with Crippen LogP contribution in [0.1, 0.15) is 43.8 Å². The lowest BCUT2D eigenvalue weighted by Gasteiger charge is -2.15. The van der Waals surface area contributed by atoms with Crippen molar-refractivity contribution in [3.05, 3.63) is 113 Å². The van der Waals surface area contributed by atoms with Gasteiger partial charge < -0.3 is 25.2 Å². The van der Waals surface area contributed by atoms with Gasteiger partial charge in [0, 0.05) is 48.0 Å². The largest absolute Gasteiger partial charge is 0.491 e. The number of hydrogen-bond donors (Lipinski definition) is 3. The molecular weight excluding hydrogens is 635 g/mol. The number of hydrogen-bond acceptors (Lipinski definition) is 7. The fourth-order valence-corrected chi connectivity index (χ4v) is 5.26. The minimum absolute atomic E-state index is 0.0471. The fraction of sp³-hybridized carbons (Fsp3) is 0.235. The number of carbonyl (C=O) groups excluding carboxylic acids is 2. The molecule has 0 radical (unpaired) electrons. The average Bonchev–Trinajstić information content (AvgIpc) is 3.06. The maximum absolute atomic E-state index is 13.3. The number of ether oxygens (including phenoxy) is 2. The number of carbonyl (C=O) groups is 3. The van der Waals surface area contributed by atoms with Gasteiger partial charge in [-0.1, -0.05) is 24.3 Å². The van der Waals surface area contributed by atoms with E-state index in [-0.39, 0.29) is 30.7 Å². The summed E-state index contributed by atoms with van der Waals surface area (Å²) in [5, 5.41) is 14.4. The quantitative estimate of drug-likeness (QED) is 0.120. The summed E-state index contributed by atoms with van der Waals surface area (Å²) in [4.78, 5) is 41.6. The zero-order valence-corrected chi connectivity index (χ0v) is 26.1. The van der Waals surface area contributed by atoms with Gasteiger partial charge in [0.2, 0.25) is 0 Å². The summed E-state index contributed by atoms with van der Waals surface area (Å²) < 4.78 is 50.1. The molecule has 1 heterocycles. The molecule has 0 aliphatic carbocycles. The van der Waals surface area contributed by atoms with Crippen LogP contribution in [0.3, 0.4) is 0 Å². The maximum Gasteiger partial charge on any atom is 0.416 e. The summed E-state index contributed by atoms with van der Waals surface area (Å²) in [6.07, 6.45) is -3.03. The second-order valence-electron chi connectivity index (χ2n) is 10.2. The van der Waals surface area contributed by atoms with Gasteiger partial charge in [0.1, 0.15) is 12.4 Å². The molecule has 0 saturated carbocycles. The van der Waals surface area contributed by atoms with Gasteiger partial charge in [-0.25, -0.2) is 0 Å². The number of carboxylic acid groups (broad SMARTS) is 1. The number of rotatable bonds is 15. The average molecular weight is 668 g/mol. The molecule has 0 bridgehead atoms. The highest BCUT2D eigenvalue weighted by atomic mass is 32.2. The molecule has 0 aliphatic rings. The van der Waals surface area contributed by atoms with Gasteiger partial charge in [-0.3, -0.25) is 19.4 Å². The predicted molar refractivity (Wildman–Crippen MR) is 172 cm³/mol. The van der Waals surface area contributed by atoms with Crippen LogP contribution >= 0.6 is 11.8 Å². The highest BCUT2D eigenvalue weighted by Crippen LogP contribution is 2.32. The Labute approximate surface area is 273 Å². The molecule has 2 amide bonds. The van der Waals surface area contributed by atoms with E-state index in [1.54, 1.807) is 43.5 Å². The number of carboxylic acids is 1. The summed E-state index contributed by atoms with van der Waals surface area (Å²) in [7, 11) is 1.55. The summed E-state index contributed by atoms with van der Waals surface area (Å²) >= 11 is 1.45. The maximum atomic E-state index is 13.3. The van der Waals surface area contributed by atoms with E-state index in [2.05, 4.69) is 15.6 Å². The van der Waals surface area contributed by atoms with Crippen molar-refractivity contribution in [1.29, 1.82) is 0 Å². The second-order valence-corrected chi connectivity index (χ2v) is 11.3. The molecule has 3 N–H and O–H groups in total. The number of methoxy groups -OCH3 is 1. The molecule has 0 aliphatic heterocycles. The van der Waals surface area contributed by atoms with Crippen LogP contribution in [-0.2, 0) is 28.0 Å². The number of anilines is 1. The number of benzene rings is 3. The summed E-state index contributed by atoms with van der Waals surface area (Å²) in [6, 6.07) is 19.7. The molecule has 0 atom stereocenters. The van der Waals surface area contributed by atoms with E-state index in [0.29, 0.717) is 46.4 Å². The smallest absolute Gasteiger partial charge is 0.416 e. The van der Waals surface area contributed by atoms with Gasteiger partial charge in [-0.2, -0.15) is 24.9 Å². The van der Waals surface area contributed by atoms with Crippen molar-refractivity contribution in [3.8, 4) is 17.0 Å². The molecule has 4 rings (SSSR count). The van der Waals surface area contributed by atoms with Crippen molar-refractivity contribution < 1.29 is 42.1 Å². The van der Waals surface area contributed by atoms with E-state index in [9.17, 15) is 27.6 Å². The van der Waals surface area contributed by atoms with Crippen LogP contribution in [0.4, 0.5) is 18.9 Å². The summed E-state index contributed by atoms with van der Waals surface area (Å²) in [6.45, 7) is 0.491. The number of nitrogens with zero attached hydrogens (tertiary/aromatic N) is 1. The number of aliphatic carboxylic acids is 1.